The highest BCUT2D eigenvalue weighted by molar-refractivity contribution is 6.04. The van der Waals surface area contributed by atoms with Crippen LogP contribution in [-0.4, -0.2) is 29.5 Å². The minimum absolute atomic E-state index is 0.493. The molecule has 0 N–H and O–H groups in total. The number of hydrogen-bond donors (Lipinski definition) is 0. The summed E-state index contributed by atoms with van der Waals surface area (Å²) in [5.74, 6) is 0.493. The van der Waals surface area contributed by atoms with E-state index in [-0.39, 0.29) is 0 Å². The van der Waals surface area contributed by atoms with Gasteiger partial charge in [-0.05, 0) is 32.4 Å². The van der Waals surface area contributed by atoms with Crippen LogP contribution in [0.15, 0.2) is 54.6 Å². The summed E-state index contributed by atoms with van der Waals surface area (Å²) in [4.78, 5) is 4.85. The molecule has 3 aromatic heterocycles. The summed E-state index contributed by atoms with van der Waals surface area (Å²) in [5.41, 5.74) is 6.99. The maximum Gasteiger partial charge on any atom is 0.272 e. The van der Waals surface area contributed by atoms with Gasteiger partial charge in [0, 0.05) is 17.5 Å². The third-order valence-electron chi connectivity index (χ3n) is 5.22. The van der Waals surface area contributed by atoms with E-state index in [9.17, 15) is 0 Å². The lowest BCUT2D eigenvalue weighted by Gasteiger charge is -2.05. The molecule has 0 spiro atoms. The summed E-state index contributed by atoms with van der Waals surface area (Å²) in [7, 11) is 0. The predicted octanol–water partition coefficient (Wildman–Crippen LogP) is 4.47. The van der Waals surface area contributed by atoms with Gasteiger partial charge in [0.15, 0.2) is 5.65 Å². The molecule has 0 amide bonds. The monoisotopic (exact) mass is 368 g/mol. The minimum Gasteiger partial charge on any atom is -0.324 e. The first-order valence-corrected chi connectivity index (χ1v) is 9.42. The molecule has 0 bridgehead atoms. The zero-order valence-electron chi connectivity index (χ0n) is 16.1. The van der Waals surface area contributed by atoms with Crippen LogP contribution in [0.5, 0.6) is 0 Å². The van der Waals surface area contributed by atoms with E-state index in [1.165, 1.54) is 0 Å². The van der Waals surface area contributed by atoms with E-state index < -0.39 is 0 Å². The first-order valence-electron chi connectivity index (χ1n) is 9.42. The third-order valence-corrected chi connectivity index (χ3v) is 5.22. The molecule has 6 heteroatoms. The molecule has 0 radical (unpaired) electrons. The Bertz CT molecular complexity index is 1310. The van der Waals surface area contributed by atoms with Crippen molar-refractivity contribution in [2.45, 2.75) is 27.3 Å². The van der Waals surface area contributed by atoms with Crippen LogP contribution in [-0.2, 0) is 6.54 Å². The van der Waals surface area contributed by atoms with Crippen LogP contribution < -0.4 is 0 Å². The Hall–Kier alpha value is -3.54. The molecule has 0 fully saturated rings. The number of aromatic nitrogens is 6. The van der Waals surface area contributed by atoms with Gasteiger partial charge in [-0.2, -0.15) is 10.1 Å². The number of nitrogens with zero attached hydrogens (tertiary/aromatic N) is 6. The minimum atomic E-state index is 0.493. The molecule has 5 aromatic rings. The Labute approximate surface area is 162 Å². The first kappa shape index (κ1) is 16.6. The van der Waals surface area contributed by atoms with Crippen LogP contribution in [0.2, 0.25) is 0 Å². The van der Waals surface area contributed by atoms with E-state index in [0.29, 0.717) is 5.95 Å². The van der Waals surface area contributed by atoms with Gasteiger partial charge in [-0.1, -0.05) is 48.5 Å². The van der Waals surface area contributed by atoms with Crippen molar-refractivity contribution in [3.63, 3.8) is 0 Å². The molecular weight excluding hydrogens is 348 g/mol. The van der Waals surface area contributed by atoms with Crippen LogP contribution in [0.25, 0.3) is 39.1 Å². The molecule has 3 heterocycles. The summed E-state index contributed by atoms with van der Waals surface area (Å²) in [6.45, 7) is 6.99. The Morgan fingerprint density at radius 3 is 2.43 bits per heavy atom. The van der Waals surface area contributed by atoms with E-state index in [1.807, 2.05) is 44.2 Å². The van der Waals surface area contributed by atoms with Crippen molar-refractivity contribution < 1.29 is 0 Å². The van der Waals surface area contributed by atoms with E-state index in [0.717, 1.165) is 51.1 Å². The van der Waals surface area contributed by atoms with Crippen LogP contribution >= 0.6 is 0 Å². The third kappa shape index (κ3) is 2.34. The molecule has 28 heavy (non-hydrogen) atoms. The van der Waals surface area contributed by atoms with Crippen LogP contribution in [0.1, 0.15) is 18.3 Å². The fourth-order valence-corrected chi connectivity index (χ4v) is 3.97. The fraction of sp³-hybridized carbons (Fsp3) is 0.182. The van der Waals surface area contributed by atoms with E-state index in [1.54, 1.807) is 4.68 Å². The van der Waals surface area contributed by atoms with Gasteiger partial charge in [-0.3, -0.25) is 0 Å². The fourth-order valence-electron chi connectivity index (χ4n) is 3.97. The standard InChI is InChI=1S/C22H20N6/c1-4-27-18-13-9-8-12-17(18)20-21(27)23-22(25-24-20)28-15(3)19(14(2)26-28)16-10-6-5-7-11-16/h5-13H,4H2,1-3H3. The van der Waals surface area contributed by atoms with Crippen molar-refractivity contribution in [2.24, 2.45) is 0 Å². The normalized spacial score (nSPS) is 11.5. The van der Waals surface area contributed by atoms with Gasteiger partial charge in [0.1, 0.15) is 5.52 Å². The summed E-state index contributed by atoms with van der Waals surface area (Å²) in [5, 5.41) is 14.7. The van der Waals surface area contributed by atoms with Gasteiger partial charge in [-0.15, -0.1) is 10.2 Å². The molecular formula is C22H20N6. The van der Waals surface area contributed by atoms with Crippen LogP contribution in [0.3, 0.4) is 0 Å². The summed E-state index contributed by atoms with van der Waals surface area (Å²) in [6, 6.07) is 18.5. The lowest BCUT2D eigenvalue weighted by Crippen LogP contribution is -2.08. The maximum absolute atomic E-state index is 4.85. The molecule has 0 saturated carbocycles. The van der Waals surface area contributed by atoms with Gasteiger partial charge in [0.25, 0.3) is 5.95 Å². The molecule has 0 aliphatic carbocycles. The topological polar surface area (TPSA) is 61.4 Å². The van der Waals surface area contributed by atoms with Crippen molar-refractivity contribution in [3.8, 4) is 17.1 Å². The molecule has 138 valence electrons. The Kier molecular flexibility index (Phi) is 3.72. The van der Waals surface area contributed by atoms with E-state index in [4.69, 9.17) is 10.1 Å². The highest BCUT2D eigenvalue weighted by Gasteiger charge is 2.19. The number of hydrogen-bond acceptors (Lipinski definition) is 4. The van der Waals surface area contributed by atoms with Crippen molar-refractivity contribution in [2.75, 3.05) is 0 Å². The summed E-state index contributed by atoms with van der Waals surface area (Å²) in [6.07, 6.45) is 0. The Balaban J connectivity index is 1.74. The van der Waals surface area contributed by atoms with Crippen molar-refractivity contribution in [1.82, 2.24) is 29.5 Å². The molecule has 0 unspecified atom stereocenters. The lowest BCUT2D eigenvalue weighted by molar-refractivity contribution is 0.744. The van der Waals surface area contributed by atoms with Gasteiger partial charge in [0.05, 0.1) is 16.9 Å². The van der Waals surface area contributed by atoms with Crippen LogP contribution in [0.4, 0.5) is 0 Å². The van der Waals surface area contributed by atoms with E-state index in [2.05, 4.69) is 46.0 Å². The SMILES string of the molecule is CCn1c2ccccc2c2nnc(-n3nc(C)c(-c4ccccc4)c3C)nc21. The average molecular weight is 368 g/mol. The smallest absolute Gasteiger partial charge is 0.272 e. The lowest BCUT2D eigenvalue weighted by atomic mass is 10.0. The molecule has 5 rings (SSSR count). The number of fused-ring (bicyclic) bond motifs is 3. The highest BCUT2D eigenvalue weighted by Crippen LogP contribution is 2.29. The number of rotatable bonds is 3. The predicted molar refractivity (Wildman–Crippen MR) is 111 cm³/mol. The summed E-state index contributed by atoms with van der Waals surface area (Å²) < 4.78 is 3.97. The van der Waals surface area contributed by atoms with Gasteiger partial charge in [-0.25, -0.2) is 4.68 Å². The largest absolute Gasteiger partial charge is 0.324 e. The second kappa shape index (κ2) is 6.27. The number of benzene rings is 2. The average Bonchev–Trinajstić information content (AvgIpc) is 3.21. The maximum atomic E-state index is 4.85. The van der Waals surface area contributed by atoms with Crippen LogP contribution in [0, 0.1) is 13.8 Å². The zero-order chi connectivity index (χ0) is 19.3. The molecule has 6 nitrogen and oxygen atoms in total. The highest BCUT2D eigenvalue weighted by atomic mass is 15.4. The molecule has 0 saturated heterocycles. The second-order valence-corrected chi connectivity index (χ2v) is 6.87. The molecule has 0 aliphatic heterocycles. The first-order chi connectivity index (χ1) is 13.7. The Morgan fingerprint density at radius 2 is 1.64 bits per heavy atom. The van der Waals surface area contributed by atoms with Crippen molar-refractivity contribution >= 4 is 22.1 Å². The molecule has 0 atom stereocenters. The quantitative estimate of drug-likeness (QED) is 0.471. The molecule has 0 aliphatic rings. The number of para-hydroxylation sites is 1. The van der Waals surface area contributed by atoms with Gasteiger partial charge < -0.3 is 4.57 Å². The Morgan fingerprint density at radius 1 is 0.893 bits per heavy atom. The number of aryl methyl sites for hydroxylation is 2. The van der Waals surface area contributed by atoms with Gasteiger partial charge in [0.2, 0.25) is 0 Å². The van der Waals surface area contributed by atoms with Crippen molar-refractivity contribution in [3.05, 3.63) is 66.0 Å². The summed E-state index contributed by atoms with van der Waals surface area (Å²) >= 11 is 0. The second-order valence-electron chi connectivity index (χ2n) is 6.87. The zero-order valence-corrected chi connectivity index (χ0v) is 16.1. The van der Waals surface area contributed by atoms with Gasteiger partial charge >= 0.3 is 0 Å². The van der Waals surface area contributed by atoms with E-state index >= 15 is 0 Å². The molecule has 2 aromatic carbocycles. The van der Waals surface area contributed by atoms with Crippen molar-refractivity contribution in [1.29, 1.82) is 0 Å².